The van der Waals surface area contributed by atoms with Gasteiger partial charge in [-0.2, -0.15) is 0 Å². The number of methoxy groups -OCH3 is 2. The summed E-state index contributed by atoms with van der Waals surface area (Å²) in [5, 5.41) is 0. The van der Waals surface area contributed by atoms with Gasteiger partial charge in [-0.15, -0.1) is 0 Å². The van der Waals surface area contributed by atoms with Gasteiger partial charge >= 0.3 is 0 Å². The molecule has 2 aliphatic heterocycles. The number of amides is 1. The number of carbonyl (C=O) groups is 1. The van der Waals surface area contributed by atoms with Gasteiger partial charge in [0.1, 0.15) is 17.6 Å². The summed E-state index contributed by atoms with van der Waals surface area (Å²) in [5.74, 6) is 1.32. The SMILES string of the molecule is COc1ccc([C@H]2O[C@@H](c3ccc(OC)cc3)[C@@]3(O2)C(=O)N(Cc2ccccc2)c2ccccc23)cc1. The standard InChI is InChI=1S/C31H27NO5/c1-34-24-16-12-22(13-17-24)28-31(37-29(36-28)23-14-18-25(35-2)19-15-23)26-10-6-7-11-27(26)32(30(31)33)20-21-8-4-3-5-9-21/h3-19,28-29H,20H2,1-2H3/t28-,29-,31+/m0/s1. The highest BCUT2D eigenvalue weighted by atomic mass is 16.7. The third-order valence-electron chi connectivity index (χ3n) is 7.07. The van der Waals surface area contributed by atoms with Crippen molar-refractivity contribution < 1.29 is 23.7 Å². The fourth-order valence-electron chi connectivity index (χ4n) is 5.22. The summed E-state index contributed by atoms with van der Waals surface area (Å²) in [6, 6.07) is 32.9. The van der Waals surface area contributed by atoms with Crippen LogP contribution < -0.4 is 14.4 Å². The van der Waals surface area contributed by atoms with E-state index >= 15 is 0 Å². The van der Waals surface area contributed by atoms with E-state index in [1.165, 1.54) is 0 Å². The van der Waals surface area contributed by atoms with Crippen molar-refractivity contribution in [3.8, 4) is 11.5 Å². The molecule has 0 aliphatic carbocycles. The lowest BCUT2D eigenvalue weighted by Crippen LogP contribution is -2.43. The van der Waals surface area contributed by atoms with Gasteiger partial charge in [-0.25, -0.2) is 0 Å². The number of fused-ring (bicyclic) bond motifs is 2. The maximum Gasteiger partial charge on any atom is 0.267 e. The molecule has 37 heavy (non-hydrogen) atoms. The van der Waals surface area contributed by atoms with E-state index in [9.17, 15) is 4.79 Å². The number of anilines is 1. The first kappa shape index (κ1) is 23.3. The Morgan fingerprint density at radius 3 is 2.00 bits per heavy atom. The Labute approximate surface area is 216 Å². The first-order chi connectivity index (χ1) is 18.1. The van der Waals surface area contributed by atoms with Crippen LogP contribution in [0.15, 0.2) is 103 Å². The molecule has 0 aromatic heterocycles. The minimum Gasteiger partial charge on any atom is -0.497 e. The summed E-state index contributed by atoms with van der Waals surface area (Å²) in [6.45, 7) is 0.435. The number of rotatable bonds is 6. The number of carbonyl (C=O) groups excluding carboxylic acids is 1. The number of nitrogens with zero attached hydrogens (tertiary/aromatic N) is 1. The van der Waals surface area contributed by atoms with Crippen LogP contribution in [0.4, 0.5) is 5.69 Å². The second-order valence-corrected chi connectivity index (χ2v) is 9.14. The molecule has 186 valence electrons. The van der Waals surface area contributed by atoms with Crippen LogP contribution in [0.2, 0.25) is 0 Å². The Balaban J connectivity index is 1.47. The van der Waals surface area contributed by atoms with Crippen LogP contribution in [0.3, 0.4) is 0 Å². The van der Waals surface area contributed by atoms with Gasteiger partial charge in [0, 0.05) is 11.1 Å². The number of hydrogen-bond donors (Lipinski definition) is 0. The Bertz CT molecular complexity index is 1400. The molecular weight excluding hydrogens is 466 g/mol. The molecule has 6 nitrogen and oxygen atoms in total. The van der Waals surface area contributed by atoms with Gasteiger partial charge in [0.15, 0.2) is 6.29 Å². The van der Waals surface area contributed by atoms with Crippen LogP contribution in [0.1, 0.15) is 34.6 Å². The molecule has 1 fully saturated rings. The van der Waals surface area contributed by atoms with E-state index in [1.54, 1.807) is 19.1 Å². The summed E-state index contributed by atoms with van der Waals surface area (Å²) in [7, 11) is 3.26. The van der Waals surface area contributed by atoms with E-state index in [-0.39, 0.29) is 5.91 Å². The third kappa shape index (κ3) is 3.86. The normalized spacial score (nSPS) is 22.3. The largest absolute Gasteiger partial charge is 0.497 e. The minimum absolute atomic E-state index is 0.144. The highest BCUT2D eigenvalue weighted by Crippen LogP contribution is 2.58. The predicted molar refractivity (Wildman–Crippen MR) is 139 cm³/mol. The summed E-state index contributed by atoms with van der Waals surface area (Å²) < 4.78 is 24.0. The monoisotopic (exact) mass is 493 g/mol. The van der Waals surface area contributed by atoms with Crippen LogP contribution >= 0.6 is 0 Å². The van der Waals surface area contributed by atoms with Crippen LogP contribution in [0, 0.1) is 0 Å². The average molecular weight is 494 g/mol. The second kappa shape index (κ2) is 9.39. The summed E-state index contributed by atoms with van der Waals surface area (Å²) in [4.78, 5) is 16.3. The van der Waals surface area contributed by atoms with Crippen molar-refractivity contribution in [1.82, 2.24) is 0 Å². The lowest BCUT2D eigenvalue weighted by atomic mass is 9.85. The Morgan fingerprint density at radius 2 is 1.35 bits per heavy atom. The molecule has 0 unspecified atom stereocenters. The smallest absolute Gasteiger partial charge is 0.267 e. The zero-order valence-corrected chi connectivity index (χ0v) is 20.7. The van der Waals surface area contributed by atoms with Gasteiger partial charge in [-0.1, -0.05) is 72.8 Å². The van der Waals surface area contributed by atoms with Gasteiger partial charge in [-0.05, 0) is 41.5 Å². The molecule has 0 radical (unpaired) electrons. The lowest BCUT2D eigenvalue weighted by molar-refractivity contribution is -0.146. The van der Waals surface area contributed by atoms with Crippen molar-refractivity contribution in [3.63, 3.8) is 0 Å². The Hall–Kier alpha value is -4.13. The molecule has 4 aromatic carbocycles. The van der Waals surface area contributed by atoms with E-state index in [1.807, 2.05) is 103 Å². The Kier molecular flexibility index (Phi) is 5.91. The number of ether oxygens (including phenoxy) is 4. The molecule has 4 aromatic rings. The first-order valence-corrected chi connectivity index (χ1v) is 12.2. The van der Waals surface area contributed by atoms with Crippen molar-refractivity contribution in [2.24, 2.45) is 0 Å². The second-order valence-electron chi connectivity index (χ2n) is 9.14. The first-order valence-electron chi connectivity index (χ1n) is 12.2. The number of hydrogen-bond acceptors (Lipinski definition) is 5. The lowest BCUT2D eigenvalue weighted by Gasteiger charge is -2.28. The zero-order valence-electron chi connectivity index (χ0n) is 20.7. The van der Waals surface area contributed by atoms with E-state index in [2.05, 4.69) is 0 Å². The average Bonchev–Trinajstić information content (AvgIpc) is 3.47. The fourth-order valence-corrected chi connectivity index (χ4v) is 5.22. The fraction of sp³-hybridized carbons (Fsp3) is 0.194. The topological polar surface area (TPSA) is 57.2 Å². The van der Waals surface area contributed by atoms with Crippen molar-refractivity contribution in [1.29, 1.82) is 0 Å². The van der Waals surface area contributed by atoms with Gasteiger partial charge < -0.3 is 23.8 Å². The van der Waals surface area contributed by atoms with Crippen LogP contribution in [0.5, 0.6) is 11.5 Å². The van der Waals surface area contributed by atoms with Crippen molar-refractivity contribution in [2.45, 2.75) is 24.5 Å². The maximum absolute atomic E-state index is 14.5. The molecule has 0 saturated carbocycles. The van der Waals surface area contributed by atoms with E-state index in [0.717, 1.165) is 39.4 Å². The molecule has 0 N–H and O–H groups in total. The van der Waals surface area contributed by atoms with Crippen molar-refractivity contribution >= 4 is 11.6 Å². The summed E-state index contributed by atoms with van der Waals surface area (Å²) >= 11 is 0. The molecule has 1 saturated heterocycles. The molecule has 2 aliphatic rings. The minimum atomic E-state index is -1.34. The highest BCUT2D eigenvalue weighted by Gasteiger charge is 2.63. The molecule has 2 heterocycles. The summed E-state index contributed by atoms with van der Waals surface area (Å²) in [6.07, 6.45) is -1.41. The van der Waals surface area contributed by atoms with Gasteiger partial charge in [0.25, 0.3) is 5.91 Å². The van der Waals surface area contributed by atoms with Gasteiger partial charge in [0.2, 0.25) is 5.60 Å². The van der Waals surface area contributed by atoms with Gasteiger partial charge in [-0.3, -0.25) is 4.79 Å². The van der Waals surface area contributed by atoms with Crippen LogP contribution in [-0.4, -0.2) is 20.1 Å². The number of benzene rings is 4. The maximum atomic E-state index is 14.5. The molecule has 1 amide bonds. The molecular formula is C31H27NO5. The zero-order chi connectivity index (χ0) is 25.4. The third-order valence-corrected chi connectivity index (χ3v) is 7.07. The molecule has 1 spiro atoms. The highest BCUT2D eigenvalue weighted by molar-refractivity contribution is 6.07. The predicted octanol–water partition coefficient (Wildman–Crippen LogP) is 5.93. The Morgan fingerprint density at radius 1 is 0.757 bits per heavy atom. The number of para-hydroxylation sites is 1. The molecule has 6 heteroatoms. The van der Waals surface area contributed by atoms with E-state index < -0.39 is 18.0 Å². The molecule has 0 bridgehead atoms. The van der Waals surface area contributed by atoms with E-state index in [4.69, 9.17) is 18.9 Å². The van der Waals surface area contributed by atoms with Crippen molar-refractivity contribution in [3.05, 3.63) is 125 Å². The van der Waals surface area contributed by atoms with Gasteiger partial charge in [0.05, 0.1) is 26.5 Å². The van der Waals surface area contributed by atoms with Crippen LogP contribution in [0.25, 0.3) is 0 Å². The summed E-state index contributed by atoms with van der Waals surface area (Å²) in [5.41, 5.74) is 2.96. The molecule has 3 atom stereocenters. The molecule has 6 rings (SSSR count). The van der Waals surface area contributed by atoms with Crippen LogP contribution in [-0.2, 0) is 26.4 Å². The van der Waals surface area contributed by atoms with E-state index in [0.29, 0.717) is 6.54 Å². The van der Waals surface area contributed by atoms with Crippen molar-refractivity contribution in [2.75, 3.05) is 19.1 Å². The quantitative estimate of drug-likeness (QED) is 0.333.